The van der Waals surface area contributed by atoms with Gasteiger partial charge in [-0.3, -0.25) is 0 Å². The molecule has 0 aromatic heterocycles. The van der Waals surface area contributed by atoms with E-state index in [-0.39, 0.29) is 5.41 Å². The van der Waals surface area contributed by atoms with E-state index in [1.807, 2.05) is 32.9 Å². The van der Waals surface area contributed by atoms with Crippen LogP contribution < -0.4 is 4.74 Å². The molecule has 1 aromatic rings. The molecule has 0 saturated carbocycles. The summed E-state index contributed by atoms with van der Waals surface area (Å²) in [6, 6.07) is 8.01. The number of aliphatic hydroxyl groups excluding tert-OH is 1. The molecule has 0 aliphatic rings. The van der Waals surface area contributed by atoms with Gasteiger partial charge in [0.1, 0.15) is 12.4 Å². The van der Waals surface area contributed by atoms with Crippen molar-refractivity contribution in [2.75, 3.05) is 6.61 Å². The van der Waals surface area contributed by atoms with E-state index in [0.29, 0.717) is 6.61 Å². The maximum absolute atomic E-state index is 9.82. The molecule has 90 valence electrons. The number of hydrogen-bond donors (Lipinski definition) is 1. The second kappa shape index (κ2) is 5.35. The quantitative estimate of drug-likeness (QED) is 0.848. The Morgan fingerprint density at radius 3 is 2.19 bits per heavy atom. The minimum atomic E-state index is -0.446. The summed E-state index contributed by atoms with van der Waals surface area (Å²) in [5, 5.41) is 9.82. The van der Waals surface area contributed by atoms with Crippen molar-refractivity contribution < 1.29 is 9.84 Å². The van der Waals surface area contributed by atoms with E-state index in [1.165, 1.54) is 5.56 Å². The molecule has 0 saturated heterocycles. The number of ether oxygens (including phenoxy) is 1. The van der Waals surface area contributed by atoms with Gasteiger partial charge in [0.2, 0.25) is 0 Å². The van der Waals surface area contributed by atoms with Crippen molar-refractivity contribution >= 4 is 0 Å². The molecule has 0 spiro atoms. The van der Waals surface area contributed by atoms with E-state index < -0.39 is 6.10 Å². The van der Waals surface area contributed by atoms with E-state index in [4.69, 9.17) is 4.74 Å². The summed E-state index contributed by atoms with van der Waals surface area (Å²) >= 11 is 0. The molecule has 2 nitrogen and oxygen atoms in total. The maximum Gasteiger partial charge on any atom is 0.119 e. The monoisotopic (exact) mass is 222 g/mol. The predicted octanol–water partition coefficient (Wildman–Crippen LogP) is 3.03. The first-order chi connectivity index (χ1) is 7.43. The third-order valence-corrected chi connectivity index (χ3v) is 2.74. The molecule has 0 fully saturated rings. The third kappa shape index (κ3) is 3.86. The number of hydrogen-bond acceptors (Lipinski definition) is 2. The zero-order valence-electron chi connectivity index (χ0n) is 10.7. The molecule has 0 aliphatic heterocycles. The third-order valence-electron chi connectivity index (χ3n) is 2.74. The normalized spacial score (nSPS) is 13.6. The van der Waals surface area contributed by atoms with Crippen molar-refractivity contribution in [3.8, 4) is 5.75 Å². The second-order valence-electron chi connectivity index (χ2n) is 5.19. The van der Waals surface area contributed by atoms with E-state index >= 15 is 0 Å². The standard InChI is InChI=1S/C14H22O2/c1-5-11-6-8-12(9-7-11)16-10-13(15)14(2,3)4/h6-9,13,15H,5,10H2,1-4H3. The van der Waals surface area contributed by atoms with Crippen molar-refractivity contribution in [2.24, 2.45) is 5.41 Å². The highest BCUT2D eigenvalue weighted by Crippen LogP contribution is 2.20. The van der Waals surface area contributed by atoms with Gasteiger partial charge < -0.3 is 9.84 Å². The average molecular weight is 222 g/mol. The fourth-order valence-electron chi connectivity index (χ4n) is 1.25. The highest BCUT2D eigenvalue weighted by atomic mass is 16.5. The van der Waals surface area contributed by atoms with Crippen LogP contribution >= 0.6 is 0 Å². The molecule has 0 heterocycles. The van der Waals surface area contributed by atoms with Crippen LogP contribution in [0.1, 0.15) is 33.3 Å². The molecule has 0 amide bonds. The minimum Gasteiger partial charge on any atom is -0.491 e. The van der Waals surface area contributed by atoms with Gasteiger partial charge in [-0.15, -0.1) is 0 Å². The Morgan fingerprint density at radius 1 is 1.19 bits per heavy atom. The lowest BCUT2D eigenvalue weighted by molar-refractivity contribution is 0.0218. The Labute approximate surface area is 98.3 Å². The largest absolute Gasteiger partial charge is 0.491 e. The Hall–Kier alpha value is -1.02. The van der Waals surface area contributed by atoms with Gasteiger partial charge in [-0.25, -0.2) is 0 Å². The zero-order valence-corrected chi connectivity index (χ0v) is 10.7. The van der Waals surface area contributed by atoms with Gasteiger partial charge in [0.05, 0.1) is 6.10 Å². The summed E-state index contributed by atoms with van der Waals surface area (Å²) in [6.45, 7) is 8.47. The van der Waals surface area contributed by atoms with Crippen LogP contribution in [-0.4, -0.2) is 17.8 Å². The molecule has 1 unspecified atom stereocenters. The lowest BCUT2D eigenvalue weighted by Gasteiger charge is -2.25. The van der Waals surface area contributed by atoms with Crippen molar-refractivity contribution in [2.45, 2.75) is 40.2 Å². The molecule has 0 radical (unpaired) electrons. The Bertz CT molecular complexity index is 309. The van der Waals surface area contributed by atoms with Crippen LogP contribution in [-0.2, 0) is 6.42 Å². The van der Waals surface area contributed by atoms with Gasteiger partial charge in [-0.05, 0) is 29.5 Å². The van der Waals surface area contributed by atoms with E-state index in [2.05, 4.69) is 19.1 Å². The van der Waals surface area contributed by atoms with Crippen LogP contribution in [0.3, 0.4) is 0 Å². The van der Waals surface area contributed by atoms with Crippen LogP contribution in [0.2, 0.25) is 0 Å². The fraction of sp³-hybridized carbons (Fsp3) is 0.571. The van der Waals surface area contributed by atoms with Crippen LogP contribution in [0, 0.1) is 5.41 Å². The van der Waals surface area contributed by atoms with Gasteiger partial charge in [-0.2, -0.15) is 0 Å². The predicted molar refractivity (Wildman–Crippen MR) is 66.8 cm³/mol. The summed E-state index contributed by atoms with van der Waals surface area (Å²) in [7, 11) is 0. The molecule has 1 atom stereocenters. The van der Waals surface area contributed by atoms with E-state index in [1.54, 1.807) is 0 Å². The first-order valence-electron chi connectivity index (χ1n) is 5.83. The molecular weight excluding hydrogens is 200 g/mol. The molecule has 2 heteroatoms. The number of benzene rings is 1. The Balaban J connectivity index is 2.48. The molecular formula is C14H22O2. The topological polar surface area (TPSA) is 29.5 Å². The first-order valence-corrected chi connectivity index (χ1v) is 5.83. The van der Waals surface area contributed by atoms with Crippen LogP contribution in [0.25, 0.3) is 0 Å². The lowest BCUT2D eigenvalue weighted by Crippen LogP contribution is -2.31. The summed E-state index contributed by atoms with van der Waals surface area (Å²) in [6.07, 6.45) is 0.587. The van der Waals surface area contributed by atoms with Gasteiger partial charge in [-0.1, -0.05) is 39.8 Å². The van der Waals surface area contributed by atoms with Crippen molar-refractivity contribution in [3.05, 3.63) is 29.8 Å². The molecule has 1 rings (SSSR count). The SMILES string of the molecule is CCc1ccc(OCC(O)C(C)(C)C)cc1. The Kier molecular flexibility index (Phi) is 4.36. The van der Waals surface area contributed by atoms with Gasteiger partial charge in [0.25, 0.3) is 0 Å². The lowest BCUT2D eigenvalue weighted by atomic mass is 9.90. The second-order valence-corrected chi connectivity index (χ2v) is 5.19. The highest BCUT2D eigenvalue weighted by molar-refractivity contribution is 5.27. The summed E-state index contributed by atoms with van der Waals surface area (Å²) in [5.41, 5.74) is 1.16. The van der Waals surface area contributed by atoms with Crippen molar-refractivity contribution in [1.82, 2.24) is 0 Å². The summed E-state index contributed by atoms with van der Waals surface area (Å²) < 4.78 is 5.54. The van der Waals surface area contributed by atoms with E-state index in [0.717, 1.165) is 12.2 Å². The number of rotatable bonds is 4. The zero-order chi connectivity index (χ0) is 12.2. The van der Waals surface area contributed by atoms with Gasteiger partial charge in [0, 0.05) is 0 Å². The summed E-state index contributed by atoms with van der Waals surface area (Å²) in [5.74, 6) is 0.820. The fourth-order valence-corrected chi connectivity index (χ4v) is 1.25. The average Bonchev–Trinajstić information content (AvgIpc) is 2.25. The molecule has 1 aromatic carbocycles. The Morgan fingerprint density at radius 2 is 1.75 bits per heavy atom. The summed E-state index contributed by atoms with van der Waals surface area (Å²) in [4.78, 5) is 0. The van der Waals surface area contributed by atoms with Crippen molar-refractivity contribution in [1.29, 1.82) is 0 Å². The first kappa shape index (κ1) is 13.0. The maximum atomic E-state index is 9.82. The van der Waals surface area contributed by atoms with Crippen LogP contribution in [0.4, 0.5) is 0 Å². The van der Waals surface area contributed by atoms with E-state index in [9.17, 15) is 5.11 Å². The van der Waals surface area contributed by atoms with Gasteiger partial charge >= 0.3 is 0 Å². The van der Waals surface area contributed by atoms with Crippen LogP contribution in [0.15, 0.2) is 24.3 Å². The van der Waals surface area contributed by atoms with Crippen LogP contribution in [0.5, 0.6) is 5.75 Å². The smallest absolute Gasteiger partial charge is 0.119 e. The molecule has 0 bridgehead atoms. The number of aryl methyl sites for hydroxylation is 1. The highest BCUT2D eigenvalue weighted by Gasteiger charge is 2.22. The van der Waals surface area contributed by atoms with Crippen molar-refractivity contribution in [3.63, 3.8) is 0 Å². The number of aliphatic hydroxyl groups is 1. The molecule has 16 heavy (non-hydrogen) atoms. The minimum absolute atomic E-state index is 0.136. The molecule has 0 aliphatic carbocycles. The van der Waals surface area contributed by atoms with Gasteiger partial charge in [0.15, 0.2) is 0 Å². The molecule has 1 N–H and O–H groups in total.